The SMILES string of the molecule is CCOC(c1ccc(C)cc1)(c1ccc(C)cc1)c1ccc(Br)cc1. The van der Waals surface area contributed by atoms with Gasteiger partial charge in [0.25, 0.3) is 0 Å². The number of ether oxygens (including phenoxy) is 1. The summed E-state index contributed by atoms with van der Waals surface area (Å²) >= 11 is 3.54. The zero-order valence-corrected chi connectivity index (χ0v) is 16.5. The first-order valence-electron chi connectivity index (χ1n) is 8.60. The summed E-state index contributed by atoms with van der Waals surface area (Å²) < 4.78 is 7.56. The van der Waals surface area contributed by atoms with Gasteiger partial charge in [-0.3, -0.25) is 0 Å². The van der Waals surface area contributed by atoms with Gasteiger partial charge in [-0.05, 0) is 49.6 Å². The molecule has 0 bridgehead atoms. The molecule has 0 aliphatic heterocycles. The van der Waals surface area contributed by atoms with Crippen LogP contribution in [0, 0.1) is 13.8 Å². The first-order valence-corrected chi connectivity index (χ1v) is 9.40. The largest absolute Gasteiger partial charge is 0.361 e. The van der Waals surface area contributed by atoms with Crippen molar-refractivity contribution in [3.8, 4) is 0 Å². The highest BCUT2D eigenvalue weighted by Gasteiger charge is 2.37. The van der Waals surface area contributed by atoms with E-state index in [-0.39, 0.29) is 0 Å². The minimum absolute atomic E-state index is 0.614. The Morgan fingerprint density at radius 3 is 1.40 bits per heavy atom. The van der Waals surface area contributed by atoms with Crippen molar-refractivity contribution >= 4 is 15.9 Å². The van der Waals surface area contributed by atoms with Gasteiger partial charge in [-0.25, -0.2) is 0 Å². The lowest BCUT2D eigenvalue weighted by atomic mass is 9.79. The highest BCUT2D eigenvalue weighted by Crippen LogP contribution is 2.41. The van der Waals surface area contributed by atoms with Crippen molar-refractivity contribution in [3.05, 3.63) is 105 Å². The lowest BCUT2D eigenvalue weighted by molar-refractivity contribution is 0.0215. The Bertz CT molecular complexity index is 707. The summed E-state index contributed by atoms with van der Waals surface area (Å²) in [6, 6.07) is 25.7. The minimum atomic E-state index is -0.614. The molecule has 0 aliphatic carbocycles. The molecule has 0 saturated heterocycles. The maximum atomic E-state index is 6.49. The number of hydrogen-bond acceptors (Lipinski definition) is 1. The molecule has 0 atom stereocenters. The predicted octanol–water partition coefficient (Wildman–Crippen LogP) is 6.39. The van der Waals surface area contributed by atoms with Crippen molar-refractivity contribution in [1.29, 1.82) is 0 Å². The summed E-state index contributed by atoms with van der Waals surface area (Å²) in [5.41, 5.74) is 5.29. The van der Waals surface area contributed by atoms with E-state index in [0.717, 1.165) is 21.2 Å². The number of hydrogen-bond donors (Lipinski definition) is 0. The monoisotopic (exact) mass is 394 g/mol. The van der Waals surface area contributed by atoms with Crippen LogP contribution in [0.3, 0.4) is 0 Å². The quantitative estimate of drug-likeness (QED) is 0.455. The molecule has 128 valence electrons. The van der Waals surface area contributed by atoms with Gasteiger partial charge in [0.05, 0.1) is 0 Å². The van der Waals surface area contributed by atoms with Crippen LogP contribution in [0.2, 0.25) is 0 Å². The maximum Gasteiger partial charge on any atom is 0.143 e. The molecule has 2 heteroatoms. The summed E-state index contributed by atoms with van der Waals surface area (Å²) in [5.74, 6) is 0. The van der Waals surface area contributed by atoms with Gasteiger partial charge in [-0.15, -0.1) is 0 Å². The molecule has 3 aromatic carbocycles. The molecule has 0 N–H and O–H groups in total. The van der Waals surface area contributed by atoms with E-state index in [0.29, 0.717) is 6.61 Å². The van der Waals surface area contributed by atoms with Crippen LogP contribution in [-0.2, 0) is 10.3 Å². The van der Waals surface area contributed by atoms with E-state index < -0.39 is 5.60 Å². The van der Waals surface area contributed by atoms with E-state index in [2.05, 4.69) is 109 Å². The van der Waals surface area contributed by atoms with Gasteiger partial charge in [0.1, 0.15) is 5.60 Å². The predicted molar refractivity (Wildman–Crippen MR) is 108 cm³/mol. The Labute approximate surface area is 158 Å². The number of benzene rings is 3. The van der Waals surface area contributed by atoms with Gasteiger partial charge in [0.2, 0.25) is 0 Å². The third-order valence-electron chi connectivity index (χ3n) is 4.53. The molecule has 0 unspecified atom stereocenters. The molecule has 0 radical (unpaired) electrons. The van der Waals surface area contributed by atoms with E-state index in [4.69, 9.17) is 4.74 Å². The summed E-state index contributed by atoms with van der Waals surface area (Å²) in [6.45, 7) is 6.89. The zero-order valence-electron chi connectivity index (χ0n) is 14.9. The van der Waals surface area contributed by atoms with Gasteiger partial charge in [0, 0.05) is 11.1 Å². The van der Waals surface area contributed by atoms with Crippen LogP contribution in [0.1, 0.15) is 34.7 Å². The molecule has 0 heterocycles. The highest BCUT2D eigenvalue weighted by molar-refractivity contribution is 9.10. The van der Waals surface area contributed by atoms with Gasteiger partial charge in [-0.1, -0.05) is 87.7 Å². The molecular weight excluding hydrogens is 372 g/mol. The first kappa shape index (κ1) is 17.9. The summed E-state index contributed by atoms with van der Waals surface area (Å²) in [4.78, 5) is 0. The lowest BCUT2D eigenvalue weighted by Crippen LogP contribution is -2.33. The molecule has 0 fully saturated rings. The standard InChI is InChI=1S/C23H23BrO/c1-4-25-23(19-9-5-17(2)6-10-19,20-11-7-18(3)8-12-20)21-13-15-22(24)16-14-21/h5-16H,4H2,1-3H3. The number of rotatable bonds is 5. The molecule has 0 aromatic heterocycles. The fourth-order valence-corrected chi connectivity index (χ4v) is 3.49. The molecule has 1 nitrogen and oxygen atoms in total. The summed E-state index contributed by atoms with van der Waals surface area (Å²) in [7, 11) is 0. The van der Waals surface area contributed by atoms with Crippen LogP contribution >= 0.6 is 15.9 Å². The fraction of sp³-hybridized carbons (Fsp3) is 0.217. The molecule has 0 saturated carbocycles. The van der Waals surface area contributed by atoms with E-state index in [1.807, 2.05) is 0 Å². The zero-order chi connectivity index (χ0) is 17.9. The van der Waals surface area contributed by atoms with Crippen LogP contribution < -0.4 is 0 Å². The van der Waals surface area contributed by atoms with Crippen molar-refractivity contribution in [2.24, 2.45) is 0 Å². The van der Waals surface area contributed by atoms with E-state index in [1.54, 1.807) is 0 Å². The van der Waals surface area contributed by atoms with Crippen molar-refractivity contribution < 1.29 is 4.74 Å². The van der Waals surface area contributed by atoms with Crippen LogP contribution in [0.25, 0.3) is 0 Å². The first-order chi connectivity index (χ1) is 12.1. The Kier molecular flexibility index (Phi) is 5.41. The molecule has 3 rings (SSSR count). The van der Waals surface area contributed by atoms with Crippen molar-refractivity contribution in [1.82, 2.24) is 0 Å². The average molecular weight is 395 g/mol. The molecule has 0 amide bonds. The van der Waals surface area contributed by atoms with E-state index in [9.17, 15) is 0 Å². The van der Waals surface area contributed by atoms with Gasteiger partial charge in [-0.2, -0.15) is 0 Å². The highest BCUT2D eigenvalue weighted by atomic mass is 79.9. The Morgan fingerprint density at radius 1 is 0.680 bits per heavy atom. The minimum Gasteiger partial charge on any atom is -0.361 e. The second-order valence-electron chi connectivity index (χ2n) is 6.35. The fourth-order valence-electron chi connectivity index (χ4n) is 3.23. The summed E-state index contributed by atoms with van der Waals surface area (Å²) in [6.07, 6.45) is 0. The normalized spacial score (nSPS) is 11.5. The molecule has 0 aliphatic rings. The van der Waals surface area contributed by atoms with Gasteiger partial charge >= 0.3 is 0 Å². The molecular formula is C23H23BrO. The average Bonchev–Trinajstić information content (AvgIpc) is 2.62. The van der Waals surface area contributed by atoms with Crippen molar-refractivity contribution in [2.75, 3.05) is 6.61 Å². The Hall–Kier alpha value is -1.90. The summed E-state index contributed by atoms with van der Waals surface area (Å²) in [5, 5.41) is 0. The molecule has 25 heavy (non-hydrogen) atoms. The van der Waals surface area contributed by atoms with Crippen LogP contribution in [0.4, 0.5) is 0 Å². The Balaban J connectivity index is 2.28. The third-order valence-corrected chi connectivity index (χ3v) is 5.06. The number of aryl methyl sites for hydroxylation is 2. The van der Waals surface area contributed by atoms with E-state index >= 15 is 0 Å². The second kappa shape index (κ2) is 7.55. The van der Waals surface area contributed by atoms with Crippen molar-refractivity contribution in [2.45, 2.75) is 26.4 Å². The molecule has 0 spiro atoms. The maximum absolute atomic E-state index is 6.49. The van der Waals surface area contributed by atoms with Crippen LogP contribution in [0.5, 0.6) is 0 Å². The van der Waals surface area contributed by atoms with Crippen molar-refractivity contribution in [3.63, 3.8) is 0 Å². The van der Waals surface area contributed by atoms with E-state index in [1.165, 1.54) is 11.1 Å². The topological polar surface area (TPSA) is 9.23 Å². The van der Waals surface area contributed by atoms with Crippen LogP contribution in [-0.4, -0.2) is 6.61 Å². The smallest absolute Gasteiger partial charge is 0.143 e. The lowest BCUT2D eigenvalue weighted by Gasteiger charge is -2.35. The number of halogens is 1. The van der Waals surface area contributed by atoms with Gasteiger partial charge in [0.15, 0.2) is 0 Å². The van der Waals surface area contributed by atoms with Crippen LogP contribution in [0.15, 0.2) is 77.3 Å². The second-order valence-corrected chi connectivity index (χ2v) is 7.27. The van der Waals surface area contributed by atoms with Gasteiger partial charge < -0.3 is 4.74 Å². The third kappa shape index (κ3) is 3.56. The Morgan fingerprint density at radius 2 is 1.04 bits per heavy atom. The molecule has 3 aromatic rings.